The van der Waals surface area contributed by atoms with Gasteiger partial charge in [0.1, 0.15) is 23.2 Å². The van der Waals surface area contributed by atoms with E-state index in [9.17, 15) is 12.8 Å². The summed E-state index contributed by atoms with van der Waals surface area (Å²) in [5.74, 6) is -0.273. The quantitative estimate of drug-likeness (QED) is 0.941. The highest BCUT2D eigenvalue weighted by molar-refractivity contribution is 7.92. The van der Waals surface area contributed by atoms with Gasteiger partial charge >= 0.3 is 0 Å². The number of benzene rings is 2. The minimum Gasteiger partial charge on any atom is -0.497 e. The number of hydrogen-bond donors (Lipinski definition) is 1. The number of sulfonamides is 1. The van der Waals surface area contributed by atoms with Gasteiger partial charge in [-0.3, -0.25) is 4.72 Å². The number of methoxy groups -OCH3 is 1. The topological polar surface area (TPSA) is 79.2 Å². The molecule has 0 aliphatic carbocycles. The lowest BCUT2D eigenvalue weighted by molar-refractivity contribution is 0.414. The van der Waals surface area contributed by atoms with E-state index in [2.05, 4.69) is 4.72 Å². The Morgan fingerprint density at radius 3 is 2.43 bits per heavy atom. The average molecular weight is 306 g/mol. The van der Waals surface area contributed by atoms with Crippen LogP contribution in [0.4, 0.5) is 10.1 Å². The van der Waals surface area contributed by atoms with Crippen LogP contribution in [0.3, 0.4) is 0 Å². The van der Waals surface area contributed by atoms with Crippen LogP contribution in [0.15, 0.2) is 47.4 Å². The largest absolute Gasteiger partial charge is 0.497 e. The van der Waals surface area contributed by atoms with Gasteiger partial charge in [-0.25, -0.2) is 12.8 Å². The summed E-state index contributed by atoms with van der Waals surface area (Å²) in [5.41, 5.74) is -0.456. The second kappa shape index (κ2) is 5.81. The molecule has 0 heterocycles. The first-order chi connectivity index (χ1) is 9.97. The zero-order valence-corrected chi connectivity index (χ0v) is 11.8. The van der Waals surface area contributed by atoms with Crippen LogP contribution in [0.1, 0.15) is 5.56 Å². The van der Waals surface area contributed by atoms with Gasteiger partial charge in [0.05, 0.1) is 17.7 Å². The molecule has 2 aromatic rings. The Kier molecular flexibility index (Phi) is 4.10. The lowest BCUT2D eigenvalue weighted by Gasteiger charge is -2.10. The molecule has 0 fully saturated rings. The summed E-state index contributed by atoms with van der Waals surface area (Å²) in [7, 11) is -2.45. The second-order valence-corrected chi connectivity index (χ2v) is 5.74. The first-order valence-electron chi connectivity index (χ1n) is 5.83. The van der Waals surface area contributed by atoms with E-state index in [1.807, 2.05) is 0 Å². The van der Waals surface area contributed by atoms with Gasteiger partial charge in [0.15, 0.2) is 0 Å². The van der Waals surface area contributed by atoms with Crippen LogP contribution < -0.4 is 9.46 Å². The van der Waals surface area contributed by atoms with Gasteiger partial charge in [-0.15, -0.1) is 0 Å². The SMILES string of the molecule is COc1ccc(S(=O)(=O)Nc2cccc(F)c2C#N)cc1. The maximum atomic E-state index is 13.5. The number of ether oxygens (including phenoxy) is 1. The summed E-state index contributed by atoms with van der Waals surface area (Å²) >= 11 is 0. The van der Waals surface area contributed by atoms with E-state index in [4.69, 9.17) is 10.00 Å². The second-order valence-electron chi connectivity index (χ2n) is 4.06. The zero-order valence-electron chi connectivity index (χ0n) is 11.0. The Labute approximate surface area is 121 Å². The Hall–Kier alpha value is -2.59. The lowest BCUT2D eigenvalue weighted by Crippen LogP contribution is -2.14. The maximum Gasteiger partial charge on any atom is 0.261 e. The van der Waals surface area contributed by atoms with Crippen molar-refractivity contribution >= 4 is 15.7 Å². The van der Waals surface area contributed by atoms with Crippen molar-refractivity contribution in [2.24, 2.45) is 0 Å². The first-order valence-corrected chi connectivity index (χ1v) is 7.32. The predicted octanol–water partition coefficient (Wildman–Crippen LogP) is 2.51. The Balaban J connectivity index is 2.38. The van der Waals surface area contributed by atoms with E-state index in [1.54, 1.807) is 6.07 Å². The van der Waals surface area contributed by atoms with E-state index in [0.29, 0.717) is 5.75 Å². The van der Waals surface area contributed by atoms with Crippen LogP contribution >= 0.6 is 0 Å². The molecule has 0 aliphatic rings. The van der Waals surface area contributed by atoms with Gasteiger partial charge < -0.3 is 4.74 Å². The highest BCUT2D eigenvalue weighted by atomic mass is 32.2. The number of nitriles is 1. The van der Waals surface area contributed by atoms with Crippen LogP contribution in [-0.4, -0.2) is 15.5 Å². The molecule has 1 N–H and O–H groups in total. The number of hydrogen-bond acceptors (Lipinski definition) is 4. The third-order valence-electron chi connectivity index (χ3n) is 2.74. The fraction of sp³-hybridized carbons (Fsp3) is 0.0714. The number of anilines is 1. The third kappa shape index (κ3) is 3.12. The van der Waals surface area contributed by atoms with Gasteiger partial charge in [-0.1, -0.05) is 6.07 Å². The van der Waals surface area contributed by atoms with E-state index < -0.39 is 15.8 Å². The van der Waals surface area contributed by atoms with Crippen LogP contribution in [0.2, 0.25) is 0 Å². The average Bonchev–Trinajstić information content (AvgIpc) is 2.47. The molecule has 0 amide bonds. The highest BCUT2D eigenvalue weighted by Gasteiger charge is 2.17. The van der Waals surface area contributed by atoms with Crippen molar-refractivity contribution in [1.29, 1.82) is 5.26 Å². The number of nitrogens with zero attached hydrogens (tertiary/aromatic N) is 1. The van der Waals surface area contributed by atoms with Crippen LogP contribution in [0.25, 0.3) is 0 Å². The van der Waals surface area contributed by atoms with Gasteiger partial charge in [0.25, 0.3) is 10.0 Å². The smallest absolute Gasteiger partial charge is 0.261 e. The van der Waals surface area contributed by atoms with E-state index in [0.717, 1.165) is 6.07 Å². The summed E-state index contributed by atoms with van der Waals surface area (Å²) in [6, 6.07) is 11.1. The number of nitrogens with one attached hydrogen (secondary N) is 1. The standard InChI is InChI=1S/C14H11FN2O3S/c1-20-10-5-7-11(8-6-10)21(18,19)17-14-4-2-3-13(15)12(14)9-16/h2-8,17H,1H3. The van der Waals surface area contributed by atoms with Crippen molar-refractivity contribution in [2.45, 2.75) is 4.90 Å². The minimum absolute atomic E-state index is 0.0172. The van der Waals surface area contributed by atoms with Crippen LogP contribution in [0.5, 0.6) is 5.75 Å². The van der Waals surface area contributed by atoms with Gasteiger partial charge in [0.2, 0.25) is 0 Å². The van der Waals surface area contributed by atoms with Crippen molar-refractivity contribution in [3.8, 4) is 11.8 Å². The molecule has 7 heteroatoms. The highest BCUT2D eigenvalue weighted by Crippen LogP contribution is 2.23. The molecule has 0 atom stereocenters. The molecule has 0 saturated carbocycles. The minimum atomic E-state index is -3.91. The molecule has 108 valence electrons. The van der Waals surface area contributed by atoms with Gasteiger partial charge in [0, 0.05) is 0 Å². The van der Waals surface area contributed by atoms with Crippen molar-refractivity contribution < 1.29 is 17.5 Å². The Morgan fingerprint density at radius 2 is 1.86 bits per heavy atom. The molecule has 0 bridgehead atoms. The van der Waals surface area contributed by atoms with E-state index in [-0.39, 0.29) is 16.1 Å². The third-order valence-corrected chi connectivity index (χ3v) is 4.12. The molecular weight excluding hydrogens is 295 g/mol. The molecule has 0 saturated heterocycles. The Morgan fingerprint density at radius 1 is 1.19 bits per heavy atom. The van der Waals surface area contributed by atoms with Gasteiger partial charge in [-0.2, -0.15) is 5.26 Å². The fourth-order valence-electron chi connectivity index (χ4n) is 1.68. The fourth-order valence-corrected chi connectivity index (χ4v) is 2.75. The zero-order chi connectivity index (χ0) is 15.5. The summed E-state index contributed by atoms with van der Waals surface area (Å²) < 4.78 is 45.0. The molecule has 0 aromatic heterocycles. The summed E-state index contributed by atoms with van der Waals surface area (Å²) in [6.45, 7) is 0. The molecule has 2 aromatic carbocycles. The lowest BCUT2D eigenvalue weighted by atomic mass is 10.2. The summed E-state index contributed by atoms with van der Waals surface area (Å²) in [4.78, 5) is -0.0172. The number of halogens is 1. The van der Waals surface area contributed by atoms with Crippen molar-refractivity contribution in [3.63, 3.8) is 0 Å². The Bertz CT molecular complexity index is 796. The van der Waals surface area contributed by atoms with Crippen molar-refractivity contribution in [3.05, 3.63) is 53.8 Å². The van der Waals surface area contributed by atoms with Crippen molar-refractivity contribution in [2.75, 3.05) is 11.8 Å². The van der Waals surface area contributed by atoms with Gasteiger partial charge in [-0.05, 0) is 36.4 Å². The molecule has 2 rings (SSSR count). The maximum absolute atomic E-state index is 13.5. The van der Waals surface area contributed by atoms with Crippen LogP contribution in [0, 0.1) is 17.1 Å². The molecular formula is C14H11FN2O3S. The monoisotopic (exact) mass is 306 g/mol. The van der Waals surface area contributed by atoms with Crippen molar-refractivity contribution in [1.82, 2.24) is 0 Å². The molecule has 21 heavy (non-hydrogen) atoms. The molecule has 0 unspecified atom stereocenters. The number of rotatable bonds is 4. The molecule has 0 aliphatic heterocycles. The molecule has 5 nitrogen and oxygen atoms in total. The summed E-state index contributed by atoms with van der Waals surface area (Å²) in [5, 5.41) is 8.89. The summed E-state index contributed by atoms with van der Waals surface area (Å²) in [6.07, 6.45) is 0. The predicted molar refractivity (Wildman–Crippen MR) is 74.9 cm³/mol. The normalized spacial score (nSPS) is 10.7. The molecule has 0 spiro atoms. The van der Waals surface area contributed by atoms with E-state index in [1.165, 1.54) is 43.5 Å². The molecule has 0 radical (unpaired) electrons. The van der Waals surface area contributed by atoms with E-state index >= 15 is 0 Å². The first kappa shape index (κ1) is 14.8. The van der Waals surface area contributed by atoms with Crippen LogP contribution in [-0.2, 0) is 10.0 Å².